The molecule has 4 heterocycles. The van der Waals surface area contributed by atoms with Crippen molar-refractivity contribution in [1.29, 1.82) is 0 Å². The molecule has 5 aromatic rings. The van der Waals surface area contributed by atoms with E-state index in [-0.39, 0.29) is 5.41 Å². The van der Waals surface area contributed by atoms with Gasteiger partial charge in [0.15, 0.2) is 5.65 Å². The maximum atomic E-state index is 6.42. The average molecular weight is 638 g/mol. The topological polar surface area (TPSA) is 59.2 Å². The van der Waals surface area contributed by atoms with Crippen LogP contribution in [0.3, 0.4) is 0 Å². The summed E-state index contributed by atoms with van der Waals surface area (Å²) < 4.78 is 1.75. The van der Waals surface area contributed by atoms with Crippen LogP contribution in [0, 0.1) is 0 Å². The fourth-order valence-electron chi connectivity index (χ4n) is 6.20. The molecule has 0 saturated carbocycles. The number of anilines is 1. The summed E-state index contributed by atoms with van der Waals surface area (Å²) in [6.07, 6.45) is 17.9. The highest BCUT2D eigenvalue weighted by Crippen LogP contribution is 2.47. The minimum atomic E-state index is -0.103. The number of hydrogen-bond acceptors (Lipinski definition) is 5. The van der Waals surface area contributed by atoms with Crippen molar-refractivity contribution < 1.29 is 0 Å². The second-order valence-electron chi connectivity index (χ2n) is 12.0. The first-order valence-corrected chi connectivity index (χ1v) is 16.5. The molecule has 0 radical (unpaired) electrons. The van der Waals surface area contributed by atoms with E-state index in [1.54, 1.807) is 16.8 Å². The first-order valence-electron chi connectivity index (χ1n) is 15.8. The van der Waals surface area contributed by atoms with Crippen LogP contribution in [-0.4, -0.2) is 31.3 Å². The van der Waals surface area contributed by atoms with Gasteiger partial charge in [-0.1, -0.05) is 119 Å². The summed E-state index contributed by atoms with van der Waals surface area (Å²) in [5, 5.41) is 15.7. The number of hydrogen-bond donors (Lipinski definition) is 0. The van der Waals surface area contributed by atoms with Gasteiger partial charge in [0, 0.05) is 40.3 Å². The summed E-state index contributed by atoms with van der Waals surface area (Å²) >= 11 is 12.7. The van der Waals surface area contributed by atoms with Crippen LogP contribution >= 0.6 is 23.2 Å². The molecular formula is C37H38Cl2N6. The number of halogens is 2. The Morgan fingerprint density at radius 1 is 0.822 bits per heavy atom. The van der Waals surface area contributed by atoms with Crippen LogP contribution < -0.4 is 10.1 Å². The Kier molecular flexibility index (Phi) is 9.34. The van der Waals surface area contributed by atoms with Crippen molar-refractivity contribution in [3.63, 3.8) is 0 Å². The summed E-state index contributed by atoms with van der Waals surface area (Å²) in [6, 6.07) is 20.1. The summed E-state index contributed by atoms with van der Waals surface area (Å²) in [7, 11) is 0. The Labute approximate surface area is 275 Å². The summed E-state index contributed by atoms with van der Waals surface area (Å²) in [4.78, 5) is 6.98. The van der Waals surface area contributed by atoms with Crippen molar-refractivity contribution in [2.45, 2.75) is 64.7 Å². The van der Waals surface area contributed by atoms with E-state index in [9.17, 15) is 0 Å². The van der Waals surface area contributed by atoms with Crippen LogP contribution in [0.2, 0.25) is 10.0 Å². The molecule has 0 saturated heterocycles. The van der Waals surface area contributed by atoms with Crippen molar-refractivity contribution >= 4 is 40.6 Å². The molecular weight excluding hydrogens is 599 g/mol. The van der Waals surface area contributed by atoms with Gasteiger partial charge in [-0.15, -0.1) is 10.2 Å². The smallest absolute Gasteiger partial charge is 0.203 e. The van der Waals surface area contributed by atoms with Crippen molar-refractivity contribution in [1.82, 2.24) is 24.8 Å². The highest BCUT2D eigenvalue weighted by Gasteiger charge is 2.39. The zero-order valence-electron chi connectivity index (χ0n) is 26.0. The first kappa shape index (κ1) is 31.0. The number of benzene rings is 2. The molecule has 0 atom stereocenters. The van der Waals surface area contributed by atoms with Gasteiger partial charge in [0.25, 0.3) is 0 Å². The molecule has 2 aromatic carbocycles. The zero-order valence-corrected chi connectivity index (χ0v) is 27.6. The average Bonchev–Trinajstić information content (AvgIpc) is 3.68. The SMILES string of the molecule is CCCCCCCCN1/C(=C/C=C/C=c2/c(-c3ccc(Cl)c(Cl)c3)nn3c(-c4ccccn4)nnc23)C(C)(C)c2ccccc21. The molecule has 1 aliphatic heterocycles. The fourth-order valence-corrected chi connectivity index (χ4v) is 6.50. The van der Waals surface area contributed by atoms with Gasteiger partial charge in [-0.05, 0) is 54.5 Å². The molecule has 0 bridgehead atoms. The third-order valence-electron chi connectivity index (χ3n) is 8.59. The molecule has 8 heteroatoms. The maximum Gasteiger partial charge on any atom is 0.203 e. The first-order chi connectivity index (χ1) is 21.9. The second kappa shape index (κ2) is 13.6. The molecule has 0 fully saturated rings. The van der Waals surface area contributed by atoms with Crippen LogP contribution in [0.5, 0.6) is 0 Å². The minimum absolute atomic E-state index is 0.103. The molecule has 1 aliphatic rings. The van der Waals surface area contributed by atoms with Gasteiger partial charge in [-0.2, -0.15) is 9.61 Å². The minimum Gasteiger partial charge on any atom is -0.344 e. The van der Waals surface area contributed by atoms with E-state index in [0.717, 1.165) is 23.0 Å². The molecule has 0 spiro atoms. The molecule has 0 aliphatic carbocycles. The molecule has 45 heavy (non-hydrogen) atoms. The lowest BCUT2D eigenvalue weighted by Crippen LogP contribution is -2.27. The molecule has 3 aromatic heterocycles. The van der Waals surface area contributed by atoms with Crippen LogP contribution in [0.1, 0.15) is 64.9 Å². The van der Waals surface area contributed by atoms with Gasteiger partial charge in [0.2, 0.25) is 5.82 Å². The maximum absolute atomic E-state index is 6.42. The number of fused-ring (bicyclic) bond motifs is 2. The molecule has 0 N–H and O–H groups in total. The number of nitrogens with zero attached hydrogens (tertiary/aromatic N) is 6. The summed E-state index contributed by atoms with van der Waals surface area (Å²) in [6.45, 7) is 7.92. The van der Waals surface area contributed by atoms with Gasteiger partial charge in [0.05, 0.1) is 10.0 Å². The standard InChI is InChI=1S/C37H38Cl2N6/c1-4-5-6-7-8-15-24-44-32-19-11-10-17-28(32)37(2,3)33(44)20-12-9-16-27-34(26-21-22-29(38)30(39)25-26)43-45-35(27)41-42-36(45)31-18-13-14-23-40-31/h9-14,16-23,25H,4-8,15,24H2,1-3H3/b12-9+,27-16-,33-20+. The Bertz CT molecular complexity index is 1910. The number of rotatable bonds is 11. The highest BCUT2D eigenvalue weighted by molar-refractivity contribution is 6.42. The van der Waals surface area contributed by atoms with Gasteiger partial charge in [0.1, 0.15) is 11.4 Å². The third kappa shape index (κ3) is 6.27. The second-order valence-corrected chi connectivity index (χ2v) is 12.8. The number of unbranched alkanes of at least 4 members (excludes halogenated alkanes) is 5. The number of aromatic nitrogens is 5. The molecule has 230 valence electrons. The normalized spacial score (nSPS) is 15.6. The van der Waals surface area contributed by atoms with Crippen LogP contribution in [0.15, 0.2) is 90.8 Å². The molecule has 0 unspecified atom stereocenters. The third-order valence-corrected chi connectivity index (χ3v) is 9.33. The summed E-state index contributed by atoms with van der Waals surface area (Å²) in [5.74, 6) is 0.577. The van der Waals surface area contributed by atoms with E-state index in [2.05, 4.69) is 83.3 Å². The predicted molar refractivity (Wildman–Crippen MR) is 187 cm³/mol. The van der Waals surface area contributed by atoms with Crippen molar-refractivity contribution in [3.8, 4) is 22.8 Å². The molecule has 6 nitrogen and oxygen atoms in total. The van der Waals surface area contributed by atoms with E-state index in [1.165, 1.54) is 55.5 Å². The molecule has 0 amide bonds. The van der Waals surface area contributed by atoms with Crippen molar-refractivity contribution in [2.24, 2.45) is 0 Å². The monoisotopic (exact) mass is 636 g/mol. The van der Waals surface area contributed by atoms with Gasteiger partial charge < -0.3 is 4.90 Å². The fraction of sp³-hybridized carbons (Fsp3) is 0.297. The van der Waals surface area contributed by atoms with E-state index in [1.807, 2.05) is 36.4 Å². The predicted octanol–water partition coefficient (Wildman–Crippen LogP) is 9.26. The van der Waals surface area contributed by atoms with Crippen molar-refractivity contribution in [3.05, 3.63) is 112 Å². The Morgan fingerprint density at radius 2 is 1.60 bits per heavy atom. The van der Waals surface area contributed by atoms with Gasteiger partial charge in [-0.25, -0.2) is 0 Å². The lowest BCUT2D eigenvalue weighted by atomic mass is 9.84. The van der Waals surface area contributed by atoms with Gasteiger partial charge >= 0.3 is 0 Å². The van der Waals surface area contributed by atoms with E-state index >= 15 is 0 Å². The number of allylic oxidation sites excluding steroid dienone is 4. The zero-order chi connectivity index (χ0) is 31.4. The highest BCUT2D eigenvalue weighted by atomic mass is 35.5. The lowest BCUT2D eigenvalue weighted by Gasteiger charge is -2.27. The quantitative estimate of drug-likeness (QED) is 0.135. The van der Waals surface area contributed by atoms with E-state index in [0.29, 0.717) is 27.2 Å². The lowest BCUT2D eigenvalue weighted by molar-refractivity contribution is 0.591. The van der Waals surface area contributed by atoms with Crippen LogP contribution in [0.4, 0.5) is 5.69 Å². The molecule has 6 rings (SSSR count). The Hall–Kier alpha value is -4.00. The number of para-hydroxylation sites is 1. The number of pyridine rings is 1. The van der Waals surface area contributed by atoms with Crippen LogP contribution in [0.25, 0.3) is 34.5 Å². The summed E-state index contributed by atoms with van der Waals surface area (Å²) in [5.41, 5.74) is 6.81. The largest absolute Gasteiger partial charge is 0.344 e. The van der Waals surface area contributed by atoms with Crippen LogP contribution in [-0.2, 0) is 5.41 Å². The Balaban J connectivity index is 1.37. The van der Waals surface area contributed by atoms with Crippen molar-refractivity contribution in [2.75, 3.05) is 11.4 Å². The Morgan fingerprint density at radius 3 is 2.40 bits per heavy atom. The van der Waals surface area contributed by atoms with E-state index in [4.69, 9.17) is 28.3 Å². The van der Waals surface area contributed by atoms with Gasteiger partial charge in [-0.3, -0.25) is 4.98 Å². The van der Waals surface area contributed by atoms with E-state index < -0.39 is 0 Å².